The van der Waals surface area contributed by atoms with Crippen molar-refractivity contribution in [3.05, 3.63) is 59.6 Å². The molecular formula is C27H29Cl2N3O4S. The monoisotopic (exact) mass is 561 g/mol. The summed E-state index contributed by atoms with van der Waals surface area (Å²) in [4.78, 5) is 22.3. The fourth-order valence-corrected chi connectivity index (χ4v) is 5.61. The third-order valence-corrected chi connectivity index (χ3v) is 7.78. The molecule has 0 spiro atoms. The van der Waals surface area contributed by atoms with Gasteiger partial charge in [0.1, 0.15) is 17.0 Å². The highest BCUT2D eigenvalue weighted by atomic mass is 35.5. The molecule has 5 rings (SSSR count). The van der Waals surface area contributed by atoms with Crippen molar-refractivity contribution in [1.29, 1.82) is 0 Å². The number of aromatic nitrogens is 1. The van der Waals surface area contributed by atoms with E-state index in [2.05, 4.69) is 4.90 Å². The lowest BCUT2D eigenvalue weighted by molar-refractivity contribution is -0.120. The minimum absolute atomic E-state index is 0. The number of carbonyl (C=O) groups excluding carboxylic acids is 1. The van der Waals surface area contributed by atoms with Crippen LogP contribution in [0.3, 0.4) is 0 Å². The Morgan fingerprint density at radius 3 is 2.70 bits per heavy atom. The first-order chi connectivity index (χ1) is 17.6. The normalized spacial score (nSPS) is 13.9. The van der Waals surface area contributed by atoms with Crippen molar-refractivity contribution in [2.24, 2.45) is 0 Å². The fourth-order valence-electron chi connectivity index (χ4n) is 4.31. The Labute approximate surface area is 231 Å². The van der Waals surface area contributed by atoms with Gasteiger partial charge in [-0.25, -0.2) is 4.98 Å². The van der Waals surface area contributed by atoms with E-state index in [1.807, 2.05) is 42.5 Å². The van der Waals surface area contributed by atoms with Crippen molar-refractivity contribution < 1.29 is 19.0 Å². The molecule has 0 unspecified atom stereocenters. The second-order valence-electron chi connectivity index (χ2n) is 8.57. The molecular weight excluding hydrogens is 533 g/mol. The van der Waals surface area contributed by atoms with Crippen LogP contribution in [0.2, 0.25) is 5.02 Å². The van der Waals surface area contributed by atoms with E-state index >= 15 is 0 Å². The molecule has 0 N–H and O–H groups in total. The Kier molecular flexibility index (Phi) is 9.45. The summed E-state index contributed by atoms with van der Waals surface area (Å²) in [7, 11) is 1.60. The van der Waals surface area contributed by atoms with Gasteiger partial charge in [0.25, 0.3) is 5.91 Å². The number of nitrogens with zero attached hydrogens (tertiary/aromatic N) is 3. The summed E-state index contributed by atoms with van der Waals surface area (Å²) in [6, 6.07) is 17.5. The Morgan fingerprint density at radius 2 is 1.92 bits per heavy atom. The Morgan fingerprint density at radius 1 is 1.14 bits per heavy atom. The highest BCUT2D eigenvalue weighted by Crippen LogP contribution is 2.38. The average molecular weight is 563 g/mol. The molecule has 1 saturated heterocycles. The predicted molar refractivity (Wildman–Crippen MR) is 152 cm³/mol. The zero-order valence-electron chi connectivity index (χ0n) is 20.5. The molecule has 0 saturated carbocycles. The molecule has 0 atom stereocenters. The number of hydrogen-bond acceptors (Lipinski definition) is 7. The lowest BCUT2D eigenvalue weighted by atomic mass is 10.1. The number of halogens is 2. The second kappa shape index (κ2) is 12.8. The number of carbonyl (C=O) groups is 1. The van der Waals surface area contributed by atoms with Gasteiger partial charge in [0.15, 0.2) is 11.7 Å². The number of amides is 1. The molecule has 196 valence electrons. The van der Waals surface area contributed by atoms with Crippen LogP contribution in [0.25, 0.3) is 21.0 Å². The van der Waals surface area contributed by atoms with Crippen LogP contribution in [0.5, 0.6) is 11.5 Å². The van der Waals surface area contributed by atoms with Crippen LogP contribution in [0.15, 0.2) is 54.6 Å². The molecule has 4 aromatic rings. The van der Waals surface area contributed by atoms with E-state index < -0.39 is 0 Å². The summed E-state index contributed by atoms with van der Waals surface area (Å²) < 4.78 is 17.6. The zero-order chi connectivity index (χ0) is 24.9. The quantitative estimate of drug-likeness (QED) is 0.262. The molecule has 1 aliphatic heterocycles. The lowest BCUT2D eigenvalue weighted by Crippen LogP contribution is -2.40. The number of ether oxygens (including phenoxy) is 3. The van der Waals surface area contributed by atoms with E-state index in [1.165, 1.54) is 11.3 Å². The van der Waals surface area contributed by atoms with Gasteiger partial charge >= 0.3 is 0 Å². The summed E-state index contributed by atoms with van der Waals surface area (Å²) in [6.07, 6.45) is 0.808. The van der Waals surface area contributed by atoms with Gasteiger partial charge in [-0.1, -0.05) is 53.3 Å². The van der Waals surface area contributed by atoms with Crippen molar-refractivity contribution in [3.63, 3.8) is 0 Å². The number of benzene rings is 3. The highest BCUT2D eigenvalue weighted by Gasteiger charge is 2.23. The molecule has 37 heavy (non-hydrogen) atoms. The van der Waals surface area contributed by atoms with E-state index in [1.54, 1.807) is 24.1 Å². The molecule has 2 heterocycles. The van der Waals surface area contributed by atoms with Crippen molar-refractivity contribution in [1.82, 2.24) is 9.88 Å². The van der Waals surface area contributed by atoms with Crippen LogP contribution in [-0.2, 0) is 9.53 Å². The van der Waals surface area contributed by atoms with Crippen LogP contribution >= 0.6 is 35.3 Å². The molecule has 0 aliphatic carbocycles. The highest BCUT2D eigenvalue weighted by molar-refractivity contribution is 7.23. The average Bonchev–Trinajstić information content (AvgIpc) is 3.36. The number of morpholine rings is 1. The number of thiazole rings is 1. The third kappa shape index (κ3) is 6.45. The summed E-state index contributed by atoms with van der Waals surface area (Å²) in [5.74, 6) is 1.13. The molecule has 10 heteroatoms. The van der Waals surface area contributed by atoms with Gasteiger partial charge < -0.3 is 14.2 Å². The molecule has 1 fully saturated rings. The first-order valence-electron chi connectivity index (χ1n) is 12.0. The van der Waals surface area contributed by atoms with Crippen molar-refractivity contribution in [2.75, 3.05) is 58.0 Å². The first-order valence-corrected chi connectivity index (χ1v) is 13.2. The lowest BCUT2D eigenvalue weighted by Gasteiger charge is -2.27. The predicted octanol–water partition coefficient (Wildman–Crippen LogP) is 5.67. The third-order valence-electron chi connectivity index (χ3n) is 6.24. The number of fused-ring (bicyclic) bond motifs is 2. The Bertz CT molecular complexity index is 1360. The fraction of sp³-hybridized carbons (Fsp3) is 0.333. The van der Waals surface area contributed by atoms with Gasteiger partial charge in [-0.3, -0.25) is 14.6 Å². The van der Waals surface area contributed by atoms with Crippen LogP contribution in [-0.4, -0.2) is 68.9 Å². The van der Waals surface area contributed by atoms with Gasteiger partial charge in [0, 0.05) is 26.2 Å². The van der Waals surface area contributed by atoms with Gasteiger partial charge in [0.2, 0.25) is 0 Å². The maximum atomic E-state index is 13.4. The topological polar surface area (TPSA) is 64.1 Å². The van der Waals surface area contributed by atoms with E-state index in [-0.39, 0.29) is 24.9 Å². The maximum absolute atomic E-state index is 13.4. The molecule has 1 aliphatic rings. The molecule has 0 bridgehead atoms. The van der Waals surface area contributed by atoms with Gasteiger partial charge in [0.05, 0.1) is 30.0 Å². The SMILES string of the molecule is COc1ccc(Cl)c2sc(N(CCCN3CCOCC3)C(=O)COc3ccc4ccccc4c3)nc12.Cl. The van der Waals surface area contributed by atoms with Crippen LogP contribution in [0.1, 0.15) is 6.42 Å². The van der Waals surface area contributed by atoms with E-state index in [0.717, 1.165) is 54.7 Å². The van der Waals surface area contributed by atoms with Crippen molar-refractivity contribution in [2.45, 2.75) is 6.42 Å². The smallest absolute Gasteiger partial charge is 0.266 e. The first kappa shape index (κ1) is 27.4. The van der Waals surface area contributed by atoms with E-state index in [0.29, 0.717) is 33.7 Å². The number of anilines is 1. The molecule has 0 radical (unpaired) electrons. The van der Waals surface area contributed by atoms with Gasteiger partial charge in [-0.2, -0.15) is 0 Å². The van der Waals surface area contributed by atoms with E-state index in [9.17, 15) is 4.79 Å². The number of rotatable bonds is 9. The summed E-state index contributed by atoms with van der Waals surface area (Å²) in [5, 5.41) is 3.37. The minimum atomic E-state index is -0.153. The molecule has 3 aromatic carbocycles. The van der Waals surface area contributed by atoms with Gasteiger partial charge in [-0.15, -0.1) is 12.4 Å². The second-order valence-corrected chi connectivity index (χ2v) is 9.96. The van der Waals surface area contributed by atoms with Crippen molar-refractivity contribution >= 4 is 67.4 Å². The molecule has 1 aromatic heterocycles. The standard InChI is InChI=1S/C27H28ClN3O4S.ClH/c1-33-23-10-9-22(28)26-25(23)29-27(36-26)31(12-4-11-30-13-15-34-16-14-30)24(32)18-35-21-8-7-19-5-2-3-6-20(19)17-21;/h2-3,5-10,17H,4,11-16,18H2,1H3;1H. The molecule has 7 nitrogen and oxygen atoms in total. The van der Waals surface area contributed by atoms with Crippen LogP contribution in [0, 0.1) is 0 Å². The number of hydrogen-bond donors (Lipinski definition) is 0. The van der Waals surface area contributed by atoms with Crippen LogP contribution in [0.4, 0.5) is 5.13 Å². The Hall–Kier alpha value is -2.62. The Balaban J connectivity index is 0.00000320. The van der Waals surface area contributed by atoms with Gasteiger partial charge in [-0.05, 0) is 41.5 Å². The number of methoxy groups -OCH3 is 1. The summed E-state index contributed by atoms with van der Waals surface area (Å²) in [5.41, 5.74) is 0.659. The largest absolute Gasteiger partial charge is 0.494 e. The minimum Gasteiger partial charge on any atom is -0.494 e. The molecule has 1 amide bonds. The van der Waals surface area contributed by atoms with Crippen LogP contribution < -0.4 is 14.4 Å². The van der Waals surface area contributed by atoms with Crippen molar-refractivity contribution in [3.8, 4) is 11.5 Å². The zero-order valence-corrected chi connectivity index (χ0v) is 22.9. The summed E-state index contributed by atoms with van der Waals surface area (Å²) >= 11 is 7.84. The van der Waals surface area contributed by atoms with E-state index in [4.69, 9.17) is 30.8 Å². The summed E-state index contributed by atoms with van der Waals surface area (Å²) in [6.45, 7) is 4.64. The maximum Gasteiger partial charge on any atom is 0.266 e.